The molecule has 3 rings (SSSR count). The van der Waals surface area contributed by atoms with Crippen molar-refractivity contribution in [3.8, 4) is 0 Å². The van der Waals surface area contributed by atoms with Crippen LogP contribution in [0.4, 0.5) is 0 Å². The molecule has 0 bridgehead atoms. The lowest BCUT2D eigenvalue weighted by Crippen LogP contribution is -2.38. The molecule has 2 aromatic carbocycles. The molecule has 0 aromatic heterocycles. The summed E-state index contributed by atoms with van der Waals surface area (Å²) in [7, 11) is -4.07. The highest BCUT2D eigenvalue weighted by atomic mass is 31.2. The molecule has 1 fully saturated rings. The minimum absolute atomic E-state index is 0.170. The van der Waals surface area contributed by atoms with Gasteiger partial charge in [0.05, 0.1) is 13.2 Å². The van der Waals surface area contributed by atoms with Crippen molar-refractivity contribution in [1.82, 2.24) is 4.90 Å². The zero-order chi connectivity index (χ0) is 17.5. The fraction of sp³-hybridized carbons (Fsp3) is 0.368. The van der Waals surface area contributed by atoms with E-state index in [0.29, 0.717) is 32.5 Å². The van der Waals surface area contributed by atoms with Crippen LogP contribution in [-0.4, -0.2) is 49.8 Å². The second-order valence-corrected chi connectivity index (χ2v) is 10.9. The average molecular weight is 376 g/mol. The van der Waals surface area contributed by atoms with E-state index in [1.807, 2.05) is 41.3 Å². The van der Waals surface area contributed by atoms with Gasteiger partial charge in [-0.1, -0.05) is 60.7 Å². The summed E-state index contributed by atoms with van der Waals surface area (Å²) >= 11 is 0. The molecule has 0 aliphatic carbocycles. The molecule has 1 atom stereocenters. The Hall–Kier alpha value is -1.02. The van der Waals surface area contributed by atoms with Crippen LogP contribution in [0.25, 0.3) is 0 Å². The number of hydrogen-bond donors (Lipinski definition) is 0. The molecular weight excluding hydrogens is 352 g/mol. The number of rotatable bonds is 7. The van der Waals surface area contributed by atoms with Gasteiger partial charge in [0.15, 0.2) is 0 Å². The summed E-state index contributed by atoms with van der Waals surface area (Å²) in [6.45, 7) is 2.66. The van der Waals surface area contributed by atoms with E-state index in [9.17, 15) is 9.46 Å². The van der Waals surface area contributed by atoms with E-state index >= 15 is 0 Å². The molecule has 0 radical (unpaired) electrons. The normalized spacial score (nSPS) is 18.2. The summed E-state index contributed by atoms with van der Waals surface area (Å²) < 4.78 is 17.9. The van der Waals surface area contributed by atoms with Gasteiger partial charge in [-0.05, 0) is 30.9 Å². The summed E-state index contributed by atoms with van der Waals surface area (Å²) in [5.74, 6) is 0. The Bertz CT molecular complexity index is 651. The molecule has 6 heteroatoms. The largest absolute Gasteiger partial charge is 0.798 e. The maximum Gasteiger partial charge on any atom is 0.0594 e. The van der Waals surface area contributed by atoms with Gasteiger partial charge in [-0.3, -0.25) is 4.90 Å². The number of nitrogens with zero attached hydrogens (tertiary/aromatic N) is 1. The third kappa shape index (κ3) is 5.74. The lowest BCUT2D eigenvalue weighted by atomic mass is 10.4. The van der Waals surface area contributed by atoms with Gasteiger partial charge in [-0.25, -0.2) is 0 Å². The van der Waals surface area contributed by atoms with Crippen molar-refractivity contribution < 1.29 is 14.2 Å². The van der Waals surface area contributed by atoms with Gasteiger partial charge >= 0.3 is 0 Å². The van der Waals surface area contributed by atoms with Gasteiger partial charge in [0.25, 0.3) is 0 Å². The Balaban J connectivity index is 1.69. The van der Waals surface area contributed by atoms with Gasteiger partial charge in [0.1, 0.15) is 0 Å². The molecule has 0 amide bonds. The van der Waals surface area contributed by atoms with Crippen molar-refractivity contribution in [3.05, 3.63) is 60.7 Å². The summed E-state index contributed by atoms with van der Waals surface area (Å²) in [4.78, 5) is 14.6. The second-order valence-electron chi connectivity index (χ2n) is 6.23. The predicted octanol–water partition coefficient (Wildman–Crippen LogP) is 2.05. The lowest BCUT2D eigenvalue weighted by molar-refractivity contribution is -0.177. The zero-order valence-corrected chi connectivity index (χ0v) is 16.1. The second kappa shape index (κ2) is 9.07. The predicted molar refractivity (Wildman–Crippen MR) is 104 cm³/mol. The highest BCUT2D eigenvalue weighted by Gasteiger charge is 2.20. The monoisotopic (exact) mass is 376 g/mol. The molecule has 1 unspecified atom stereocenters. The van der Waals surface area contributed by atoms with Crippen molar-refractivity contribution in [3.63, 3.8) is 0 Å². The van der Waals surface area contributed by atoms with Crippen LogP contribution in [0, 0.1) is 0 Å². The Labute approximate surface area is 151 Å². The van der Waals surface area contributed by atoms with Crippen LogP contribution in [0.5, 0.6) is 0 Å². The van der Waals surface area contributed by atoms with Crippen molar-refractivity contribution in [2.45, 2.75) is 0 Å². The van der Waals surface area contributed by atoms with E-state index in [-0.39, 0.29) is 12.4 Å². The first-order valence-electron chi connectivity index (χ1n) is 8.61. The maximum atomic E-state index is 12.6. The number of morpholine rings is 1. The Morgan fingerprint density at radius 2 is 1.48 bits per heavy atom. The summed E-state index contributed by atoms with van der Waals surface area (Å²) in [5.41, 5.74) is 0. The molecule has 0 saturated carbocycles. The van der Waals surface area contributed by atoms with Crippen LogP contribution in [0.3, 0.4) is 0 Å². The first-order chi connectivity index (χ1) is 12.1. The van der Waals surface area contributed by atoms with Crippen LogP contribution in [0.15, 0.2) is 60.7 Å². The van der Waals surface area contributed by atoms with Crippen molar-refractivity contribution in [2.75, 3.05) is 44.9 Å². The van der Waals surface area contributed by atoms with Crippen LogP contribution >= 0.6 is 15.3 Å². The molecular formula is C19H24NO3P2-. The molecule has 4 nitrogen and oxygen atoms in total. The topological polar surface area (TPSA) is 52.6 Å². The van der Waals surface area contributed by atoms with Crippen LogP contribution in [-0.2, 0) is 9.30 Å². The van der Waals surface area contributed by atoms with Gasteiger partial charge in [0.2, 0.25) is 0 Å². The molecule has 1 aliphatic heterocycles. The van der Waals surface area contributed by atoms with Crippen LogP contribution in [0.2, 0.25) is 0 Å². The molecule has 1 heterocycles. The molecule has 0 N–H and O–H groups in total. The smallest absolute Gasteiger partial charge is 0.0594 e. The molecule has 2 aromatic rings. The number of benzene rings is 2. The van der Waals surface area contributed by atoms with E-state index in [2.05, 4.69) is 24.3 Å². The first kappa shape index (κ1) is 18.8. The third-order valence-electron chi connectivity index (χ3n) is 4.32. The quantitative estimate of drug-likeness (QED) is 0.694. The Morgan fingerprint density at radius 3 is 2.00 bits per heavy atom. The van der Waals surface area contributed by atoms with Gasteiger partial charge < -0.3 is 14.2 Å². The summed E-state index contributed by atoms with van der Waals surface area (Å²) in [6.07, 6.45) is 1.09. The van der Waals surface area contributed by atoms with Crippen LogP contribution < -0.4 is 15.5 Å². The maximum absolute atomic E-state index is 12.6. The molecule has 134 valence electrons. The fourth-order valence-corrected chi connectivity index (χ4v) is 7.92. The first-order valence-corrected chi connectivity index (χ1v) is 12.1. The summed E-state index contributed by atoms with van der Waals surface area (Å²) in [5, 5.41) is 2.46. The molecule has 1 saturated heterocycles. The highest BCUT2D eigenvalue weighted by Crippen LogP contribution is 2.42. The minimum Gasteiger partial charge on any atom is -0.798 e. The van der Waals surface area contributed by atoms with Crippen molar-refractivity contribution in [1.29, 1.82) is 0 Å². The van der Waals surface area contributed by atoms with E-state index in [1.165, 1.54) is 10.6 Å². The van der Waals surface area contributed by atoms with E-state index in [1.54, 1.807) is 0 Å². The van der Waals surface area contributed by atoms with Gasteiger partial charge in [-0.2, -0.15) is 0 Å². The number of ether oxygens (including phenoxy) is 1. The highest BCUT2D eigenvalue weighted by molar-refractivity contribution is 7.73. The SMILES string of the molecule is O=P([O-])(CCP(c1ccccc1)c1ccccc1)CN1CCOCC1. The number of hydrogen-bond acceptors (Lipinski definition) is 4. The van der Waals surface area contributed by atoms with Crippen molar-refractivity contribution in [2.24, 2.45) is 0 Å². The van der Waals surface area contributed by atoms with E-state index < -0.39 is 15.3 Å². The average Bonchev–Trinajstić information content (AvgIpc) is 2.64. The standard InChI is InChI=1S/C19H25NO3P2/c21-25(22,17-20-11-13-23-14-12-20)16-15-24(18-7-3-1-4-8-18)19-9-5-2-6-10-19/h1-10H,11-17H2,(H,21,22)/p-1. The molecule has 25 heavy (non-hydrogen) atoms. The Morgan fingerprint density at radius 1 is 0.960 bits per heavy atom. The summed E-state index contributed by atoms with van der Waals surface area (Å²) in [6, 6.07) is 20.5. The zero-order valence-electron chi connectivity index (χ0n) is 14.3. The van der Waals surface area contributed by atoms with E-state index in [4.69, 9.17) is 4.74 Å². The fourth-order valence-electron chi connectivity index (χ4n) is 2.99. The van der Waals surface area contributed by atoms with Crippen molar-refractivity contribution >= 4 is 25.9 Å². The Kier molecular flexibility index (Phi) is 6.81. The minimum atomic E-state index is -3.42. The van der Waals surface area contributed by atoms with E-state index in [0.717, 1.165) is 0 Å². The third-order valence-corrected chi connectivity index (χ3v) is 8.92. The molecule has 0 spiro atoms. The van der Waals surface area contributed by atoms with Gasteiger partial charge in [0, 0.05) is 26.7 Å². The van der Waals surface area contributed by atoms with Gasteiger partial charge in [-0.15, -0.1) is 0 Å². The molecule has 1 aliphatic rings. The van der Waals surface area contributed by atoms with Crippen LogP contribution in [0.1, 0.15) is 0 Å². The lowest BCUT2D eigenvalue weighted by Gasteiger charge is -2.34.